The van der Waals surface area contributed by atoms with Crippen LogP contribution in [0.5, 0.6) is 0 Å². The van der Waals surface area contributed by atoms with Crippen LogP contribution in [0.25, 0.3) is 0 Å². The molecule has 0 N–H and O–H groups in total. The molecule has 0 bridgehead atoms. The third kappa shape index (κ3) is 4.19. The van der Waals surface area contributed by atoms with E-state index < -0.39 is 11.9 Å². The van der Waals surface area contributed by atoms with Crippen molar-refractivity contribution in [2.45, 2.75) is 58.2 Å². The van der Waals surface area contributed by atoms with Crippen LogP contribution in [0.4, 0.5) is 0 Å². The van der Waals surface area contributed by atoms with E-state index in [1.54, 1.807) is 9.58 Å². The van der Waals surface area contributed by atoms with Crippen LogP contribution in [0, 0.1) is 6.92 Å². The summed E-state index contributed by atoms with van der Waals surface area (Å²) in [6.07, 6.45) is -0.223. The lowest BCUT2D eigenvalue weighted by Crippen LogP contribution is -2.44. The van der Waals surface area contributed by atoms with Gasteiger partial charge < -0.3 is 19.1 Å². The van der Waals surface area contributed by atoms with Crippen molar-refractivity contribution < 1.29 is 23.8 Å². The van der Waals surface area contributed by atoms with Crippen LogP contribution in [0.3, 0.4) is 0 Å². The largest absolute Gasteiger partial charge is 0.452 e. The van der Waals surface area contributed by atoms with E-state index in [4.69, 9.17) is 14.2 Å². The molecule has 0 saturated carbocycles. The molecule has 2 atom stereocenters. The van der Waals surface area contributed by atoms with Gasteiger partial charge in [-0.25, -0.2) is 0 Å². The molecule has 0 aliphatic carbocycles. The third-order valence-corrected chi connectivity index (χ3v) is 4.41. The van der Waals surface area contributed by atoms with Gasteiger partial charge >= 0.3 is 5.97 Å². The van der Waals surface area contributed by atoms with Crippen LogP contribution >= 0.6 is 0 Å². The van der Waals surface area contributed by atoms with E-state index in [0.29, 0.717) is 26.1 Å². The highest BCUT2D eigenvalue weighted by Crippen LogP contribution is 2.24. The standard InChI is InChI=1S/C17H25N3O5/c1-11-7-12(19(4)18-11)8-20(9-13-10-23-17(2,3)25-13)16(22)14-5-6-15(21)24-14/h7,13-14H,5-6,8-10H2,1-4H3/t13-,14+/m1/s1. The minimum absolute atomic E-state index is 0.196. The number of aromatic nitrogens is 2. The second-order valence-corrected chi connectivity index (χ2v) is 7.09. The fraction of sp³-hybridized carbons (Fsp3) is 0.706. The maximum absolute atomic E-state index is 12.9. The highest BCUT2D eigenvalue weighted by atomic mass is 16.7. The van der Waals surface area contributed by atoms with Crippen molar-refractivity contribution in [1.82, 2.24) is 14.7 Å². The predicted octanol–water partition coefficient (Wildman–Crippen LogP) is 0.914. The summed E-state index contributed by atoms with van der Waals surface area (Å²) in [5, 5.41) is 4.33. The molecule has 1 amide bonds. The number of esters is 1. The van der Waals surface area contributed by atoms with Crippen molar-refractivity contribution in [3.8, 4) is 0 Å². The molecule has 2 aliphatic heterocycles. The molecular weight excluding hydrogens is 326 g/mol. The predicted molar refractivity (Wildman–Crippen MR) is 87.4 cm³/mol. The van der Waals surface area contributed by atoms with Crippen molar-refractivity contribution in [1.29, 1.82) is 0 Å². The van der Waals surface area contributed by atoms with Gasteiger partial charge in [0.1, 0.15) is 6.10 Å². The van der Waals surface area contributed by atoms with Crippen molar-refractivity contribution in [2.24, 2.45) is 7.05 Å². The number of ether oxygens (including phenoxy) is 3. The highest BCUT2D eigenvalue weighted by molar-refractivity contribution is 5.86. The molecule has 3 heterocycles. The molecule has 8 heteroatoms. The number of cyclic esters (lactones) is 1. The Bertz CT molecular complexity index is 669. The average molecular weight is 351 g/mol. The summed E-state index contributed by atoms with van der Waals surface area (Å²) < 4.78 is 18.3. The Labute approximate surface area is 147 Å². The molecule has 8 nitrogen and oxygen atoms in total. The number of hydrogen-bond acceptors (Lipinski definition) is 6. The number of aryl methyl sites for hydroxylation is 2. The molecule has 0 radical (unpaired) electrons. The average Bonchev–Trinajstić information content (AvgIpc) is 3.18. The van der Waals surface area contributed by atoms with E-state index in [1.165, 1.54) is 0 Å². The van der Waals surface area contributed by atoms with Crippen LogP contribution < -0.4 is 0 Å². The second-order valence-electron chi connectivity index (χ2n) is 7.09. The summed E-state index contributed by atoms with van der Waals surface area (Å²) in [5.74, 6) is -1.17. The number of hydrogen-bond donors (Lipinski definition) is 0. The van der Waals surface area contributed by atoms with E-state index in [9.17, 15) is 9.59 Å². The highest BCUT2D eigenvalue weighted by Gasteiger charge is 2.38. The zero-order valence-electron chi connectivity index (χ0n) is 15.2. The molecule has 2 fully saturated rings. The summed E-state index contributed by atoms with van der Waals surface area (Å²) >= 11 is 0. The zero-order valence-corrected chi connectivity index (χ0v) is 15.2. The van der Waals surface area contributed by atoms with Crippen molar-refractivity contribution in [3.63, 3.8) is 0 Å². The number of nitrogens with zero attached hydrogens (tertiary/aromatic N) is 3. The number of carbonyl (C=O) groups excluding carboxylic acids is 2. The summed E-state index contributed by atoms with van der Waals surface area (Å²) in [4.78, 5) is 25.9. The quantitative estimate of drug-likeness (QED) is 0.734. The fourth-order valence-corrected chi connectivity index (χ4v) is 3.24. The molecule has 0 aromatic carbocycles. The maximum Gasteiger partial charge on any atom is 0.306 e. The van der Waals surface area contributed by atoms with Gasteiger partial charge in [0.05, 0.1) is 24.5 Å². The Kier molecular flexibility index (Phi) is 4.83. The summed E-state index contributed by atoms with van der Waals surface area (Å²) in [7, 11) is 1.85. The molecule has 1 aromatic rings. The molecule has 3 rings (SSSR count). The van der Waals surface area contributed by atoms with Crippen LogP contribution in [-0.2, 0) is 37.4 Å². The van der Waals surface area contributed by atoms with Crippen LogP contribution in [0.15, 0.2) is 6.07 Å². The summed E-state index contributed by atoms with van der Waals surface area (Å²) in [6, 6.07) is 1.94. The lowest BCUT2D eigenvalue weighted by atomic mass is 10.2. The second kappa shape index (κ2) is 6.76. The van der Waals surface area contributed by atoms with E-state index in [2.05, 4.69) is 5.10 Å². The topological polar surface area (TPSA) is 82.9 Å². The fourth-order valence-electron chi connectivity index (χ4n) is 3.24. The molecular formula is C17H25N3O5. The number of carbonyl (C=O) groups is 2. The lowest BCUT2D eigenvalue weighted by molar-refractivity contribution is -0.157. The van der Waals surface area contributed by atoms with Crippen molar-refractivity contribution in [2.75, 3.05) is 13.2 Å². The Morgan fingerprint density at radius 3 is 2.76 bits per heavy atom. The molecule has 2 saturated heterocycles. The number of rotatable bonds is 5. The van der Waals surface area contributed by atoms with E-state index in [0.717, 1.165) is 11.4 Å². The van der Waals surface area contributed by atoms with Gasteiger partial charge in [0.25, 0.3) is 5.91 Å². The first kappa shape index (κ1) is 17.9. The third-order valence-electron chi connectivity index (χ3n) is 4.41. The minimum atomic E-state index is -0.711. The summed E-state index contributed by atoms with van der Waals surface area (Å²) in [5.41, 5.74) is 1.80. The smallest absolute Gasteiger partial charge is 0.306 e. The van der Waals surface area contributed by atoms with E-state index in [1.807, 2.05) is 33.9 Å². The number of amides is 1. The molecule has 0 unspecified atom stereocenters. The Morgan fingerprint density at radius 1 is 1.48 bits per heavy atom. The zero-order chi connectivity index (χ0) is 18.2. The van der Waals surface area contributed by atoms with Crippen molar-refractivity contribution in [3.05, 3.63) is 17.5 Å². The van der Waals surface area contributed by atoms with Gasteiger partial charge in [-0.05, 0) is 26.8 Å². The van der Waals surface area contributed by atoms with Crippen LogP contribution in [-0.4, -0.2) is 57.7 Å². The molecule has 0 spiro atoms. The van der Waals surface area contributed by atoms with Crippen LogP contribution in [0.1, 0.15) is 38.1 Å². The van der Waals surface area contributed by atoms with Crippen molar-refractivity contribution >= 4 is 11.9 Å². The molecule has 1 aromatic heterocycles. The lowest BCUT2D eigenvalue weighted by Gasteiger charge is -2.27. The molecule has 25 heavy (non-hydrogen) atoms. The maximum atomic E-state index is 12.9. The van der Waals surface area contributed by atoms with Crippen LogP contribution in [0.2, 0.25) is 0 Å². The van der Waals surface area contributed by atoms with Gasteiger partial charge in [-0.2, -0.15) is 5.10 Å². The monoisotopic (exact) mass is 351 g/mol. The summed E-state index contributed by atoms with van der Waals surface area (Å²) in [6.45, 7) is 6.78. The Balaban J connectivity index is 1.74. The van der Waals surface area contributed by atoms with Gasteiger partial charge in [-0.3, -0.25) is 14.3 Å². The van der Waals surface area contributed by atoms with Gasteiger partial charge in [0, 0.05) is 26.4 Å². The van der Waals surface area contributed by atoms with E-state index >= 15 is 0 Å². The molecule has 2 aliphatic rings. The van der Waals surface area contributed by atoms with Gasteiger partial charge in [-0.1, -0.05) is 0 Å². The Morgan fingerprint density at radius 2 is 2.24 bits per heavy atom. The Hall–Kier alpha value is -1.93. The first-order valence-corrected chi connectivity index (χ1v) is 8.53. The first-order chi connectivity index (χ1) is 11.7. The van der Waals surface area contributed by atoms with Gasteiger partial charge in [-0.15, -0.1) is 0 Å². The normalized spacial score (nSPS) is 25.2. The first-order valence-electron chi connectivity index (χ1n) is 8.53. The molecule has 138 valence electrons. The van der Waals surface area contributed by atoms with E-state index in [-0.39, 0.29) is 24.4 Å². The SMILES string of the molecule is Cc1cc(CN(C[C@@H]2COC(C)(C)O2)C(=O)[C@@H]2CCC(=O)O2)n(C)n1. The minimum Gasteiger partial charge on any atom is -0.452 e. The van der Waals surface area contributed by atoms with Gasteiger partial charge in [0.2, 0.25) is 0 Å². The van der Waals surface area contributed by atoms with Gasteiger partial charge in [0.15, 0.2) is 11.9 Å².